The van der Waals surface area contributed by atoms with E-state index in [1.807, 2.05) is 25.1 Å². The number of anilines is 1. The molecule has 19 heavy (non-hydrogen) atoms. The van der Waals surface area contributed by atoms with Crippen molar-refractivity contribution in [3.8, 4) is 6.07 Å². The van der Waals surface area contributed by atoms with Crippen molar-refractivity contribution < 1.29 is 8.42 Å². The van der Waals surface area contributed by atoms with Gasteiger partial charge in [0, 0.05) is 31.9 Å². The lowest BCUT2D eigenvalue weighted by molar-refractivity contribution is 0.386. The third kappa shape index (κ3) is 3.25. The standard InChI is InChI=1S/C13H17N3O2S/c1-12-3-2-4-13(11-12)15-6-8-16(9-7-15)19(17,18)10-5-14/h2-4,11H,6-10H2,1H3. The van der Waals surface area contributed by atoms with Gasteiger partial charge in [-0.1, -0.05) is 12.1 Å². The summed E-state index contributed by atoms with van der Waals surface area (Å²) in [4.78, 5) is 2.17. The molecule has 102 valence electrons. The Hall–Kier alpha value is -1.58. The summed E-state index contributed by atoms with van der Waals surface area (Å²) in [6.07, 6.45) is 0. The lowest BCUT2D eigenvalue weighted by Crippen LogP contribution is -2.49. The number of nitrogens with zero attached hydrogens (tertiary/aromatic N) is 3. The first-order valence-electron chi connectivity index (χ1n) is 6.19. The molecule has 0 bridgehead atoms. The molecule has 0 radical (unpaired) electrons. The van der Waals surface area contributed by atoms with Gasteiger partial charge in [0.15, 0.2) is 5.75 Å². The van der Waals surface area contributed by atoms with Crippen molar-refractivity contribution in [2.24, 2.45) is 0 Å². The van der Waals surface area contributed by atoms with E-state index in [-0.39, 0.29) is 0 Å². The summed E-state index contributed by atoms with van der Waals surface area (Å²) in [5, 5.41) is 8.53. The molecule has 6 heteroatoms. The summed E-state index contributed by atoms with van der Waals surface area (Å²) in [5.41, 5.74) is 2.31. The molecule has 0 atom stereocenters. The SMILES string of the molecule is Cc1cccc(N2CCN(S(=O)(=O)CC#N)CC2)c1. The first kappa shape index (κ1) is 13.8. The van der Waals surface area contributed by atoms with Crippen molar-refractivity contribution in [2.75, 3.05) is 36.8 Å². The Morgan fingerprint density at radius 2 is 1.95 bits per heavy atom. The van der Waals surface area contributed by atoms with Gasteiger partial charge >= 0.3 is 0 Å². The van der Waals surface area contributed by atoms with Crippen LogP contribution in [0.3, 0.4) is 0 Å². The number of sulfonamides is 1. The molecular formula is C13H17N3O2S. The van der Waals surface area contributed by atoms with Crippen LogP contribution in [-0.4, -0.2) is 44.7 Å². The Balaban J connectivity index is 2.02. The van der Waals surface area contributed by atoms with E-state index in [4.69, 9.17) is 5.26 Å². The van der Waals surface area contributed by atoms with E-state index in [9.17, 15) is 8.42 Å². The second-order valence-electron chi connectivity index (χ2n) is 4.64. The Labute approximate surface area is 114 Å². The van der Waals surface area contributed by atoms with Crippen molar-refractivity contribution in [3.63, 3.8) is 0 Å². The third-order valence-corrected chi connectivity index (χ3v) is 4.89. The quantitative estimate of drug-likeness (QED) is 0.827. The van der Waals surface area contributed by atoms with Crippen LogP contribution < -0.4 is 4.90 Å². The number of rotatable bonds is 3. The van der Waals surface area contributed by atoms with Gasteiger partial charge in [-0.3, -0.25) is 0 Å². The topological polar surface area (TPSA) is 64.4 Å². The summed E-state index contributed by atoms with van der Waals surface area (Å²) in [5.74, 6) is -0.433. The van der Waals surface area contributed by atoms with Gasteiger partial charge in [-0.2, -0.15) is 9.57 Å². The van der Waals surface area contributed by atoms with Crippen LogP contribution in [0.15, 0.2) is 24.3 Å². The minimum absolute atomic E-state index is 0.433. The molecule has 0 saturated carbocycles. The molecule has 2 rings (SSSR count). The molecule has 1 aromatic carbocycles. The second-order valence-corrected chi connectivity index (χ2v) is 6.61. The van der Waals surface area contributed by atoms with Crippen molar-refractivity contribution in [1.29, 1.82) is 5.26 Å². The van der Waals surface area contributed by atoms with Gasteiger partial charge < -0.3 is 4.90 Å². The van der Waals surface area contributed by atoms with Crippen molar-refractivity contribution in [1.82, 2.24) is 4.31 Å². The van der Waals surface area contributed by atoms with E-state index in [0.29, 0.717) is 26.2 Å². The summed E-state index contributed by atoms with van der Waals surface area (Å²) < 4.78 is 24.9. The zero-order valence-corrected chi connectivity index (χ0v) is 11.7. The Kier molecular flexibility index (Phi) is 4.08. The second kappa shape index (κ2) is 5.59. The largest absolute Gasteiger partial charge is 0.369 e. The number of hydrogen-bond acceptors (Lipinski definition) is 4. The van der Waals surface area contributed by atoms with Crippen LogP contribution in [-0.2, 0) is 10.0 Å². The maximum atomic E-state index is 11.8. The van der Waals surface area contributed by atoms with Gasteiger partial charge in [0.05, 0.1) is 6.07 Å². The van der Waals surface area contributed by atoms with E-state index in [2.05, 4.69) is 11.0 Å². The van der Waals surface area contributed by atoms with Crippen LogP contribution in [0.4, 0.5) is 5.69 Å². The highest BCUT2D eigenvalue weighted by Gasteiger charge is 2.26. The van der Waals surface area contributed by atoms with Gasteiger partial charge in [-0.25, -0.2) is 8.42 Å². The lowest BCUT2D eigenvalue weighted by Gasteiger charge is -2.35. The van der Waals surface area contributed by atoms with E-state index in [0.717, 1.165) is 5.69 Å². The number of nitriles is 1. The number of hydrogen-bond donors (Lipinski definition) is 0. The molecule has 1 aliphatic heterocycles. The smallest absolute Gasteiger partial charge is 0.227 e. The Morgan fingerprint density at radius 1 is 1.26 bits per heavy atom. The van der Waals surface area contributed by atoms with Crippen molar-refractivity contribution in [2.45, 2.75) is 6.92 Å². The van der Waals surface area contributed by atoms with Crippen molar-refractivity contribution in [3.05, 3.63) is 29.8 Å². The maximum Gasteiger partial charge on any atom is 0.227 e. The predicted octanol–water partition coefficient (Wildman–Crippen LogP) is 0.970. The molecule has 0 aliphatic carbocycles. The molecule has 1 aromatic rings. The Morgan fingerprint density at radius 3 is 2.53 bits per heavy atom. The monoisotopic (exact) mass is 279 g/mol. The van der Waals surface area contributed by atoms with Crippen LogP contribution in [0.5, 0.6) is 0 Å². The predicted molar refractivity (Wildman–Crippen MR) is 74.4 cm³/mol. The molecule has 0 amide bonds. The van der Waals surface area contributed by atoms with E-state index in [1.54, 1.807) is 6.07 Å². The van der Waals surface area contributed by atoms with Gasteiger partial charge in [0.25, 0.3) is 0 Å². The van der Waals surface area contributed by atoms with Crippen LogP contribution in [0, 0.1) is 18.3 Å². The minimum atomic E-state index is -3.40. The molecule has 1 fully saturated rings. The first-order valence-corrected chi connectivity index (χ1v) is 7.80. The highest BCUT2D eigenvalue weighted by atomic mass is 32.2. The number of benzene rings is 1. The van der Waals surface area contributed by atoms with E-state index in [1.165, 1.54) is 9.87 Å². The molecule has 0 aromatic heterocycles. The highest BCUT2D eigenvalue weighted by molar-refractivity contribution is 7.89. The summed E-state index contributed by atoms with van der Waals surface area (Å²) in [6, 6.07) is 9.89. The molecule has 5 nitrogen and oxygen atoms in total. The Bertz CT molecular complexity index is 584. The molecule has 1 saturated heterocycles. The average molecular weight is 279 g/mol. The third-order valence-electron chi connectivity index (χ3n) is 3.25. The van der Waals surface area contributed by atoms with Crippen LogP contribution in [0.25, 0.3) is 0 Å². The molecule has 1 aliphatic rings. The lowest BCUT2D eigenvalue weighted by atomic mass is 10.2. The maximum absolute atomic E-state index is 11.8. The molecule has 1 heterocycles. The number of piperazine rings is 1. The zero-order valence-electron chi connectivity index (χ0n) is 10.9. The normalized spacial score (nSPS) is 17.2. The molecule has 0 spiro atoms. The van der Waals surface area contributed by atoms with E-state index < -0.39 is 15.8 Å². The van der Waals surface area contributed by atoms with Gasteiger partial charge in [-0.15, -0.1) is 0 Å². The van der Waals surface area contributed by atoms with Gasteiger partial charge in [0.1, 0.15) is 0 Å². The number of aryl methyl sites for hydroxylation is 1. The zero-order chi connectivity index (χ0) is 13.9. The minimum Gasteiger partial charge on any atom is -0.369 e. The molecule has 0 N–H and O–H groups in total. The fourth-order valence-electron chi connectivity index (χ4n) is 2.22. The summed E-state index contributed by atoms with van der Waals surface area (Å²) >= 11 is 0. The fourth-order valence-corrected chi connectivity index (χ4v) is 3.29. The van der Waals surface area contributed by atoms with Crippen molar-refractivity contribution >= 4 is 15.7 Å². The summed E-state index contributed by atoms with van der Waals surface area (Å²) in [7, 11) is -3.40. The summed E-state index contributed by atoms with van der Waals surface area (Å²) in [6.45, 7) is 4.25. The molecule has 0 unspecified atom stereocenters. The van der Waals surface area contributed by atoms with Gasteiger partial charge in [-0.05, 0) is 24.6 Å². The molecular weight excluding hydrogens is 262 g/mol. The van der Waals surface area contributed by atoms with Crippen LogP contribution in [0.2, 0.25) is 0 Å². The highest BCUT2D eigenvalue weighted by Crippen LogP contribution is 2.18. The first-order chi connectivity index (χ1) is 9.03. The van der Waals surface area contributed by atoms with Crippen LogP contribution in [0.1, 0.15) is 5.56 Å². The van der Waals surface area contributed by atoms with Gasteiger partial charge in [0.2, 0.25) is 10.0 Å². The average Bonchev–Trinajstić information content (AvgIpc) is 2.39. The van der Waals surface area contributed by atoms with E-state index >= 15 is 0 Å². The van der Waals surface area contributed by atoms with Crippen LogP contribution >= 0.6 is 0 Å². The fraction of sp³-hybridized carbons (Fsp3) is 0.462.